The monoisotopic (exact) mass is 263 g/mol. The highest BCUT2D eigenvalue weighted by molar-refractivity contribution is 5.53. The minimum Gasteiger partial charge on any atom is -0.392 e. The molecule has 5 nitrogen and oxygen atoms in total. The lowest BCUT2D eigenvalue weighted by molar-refractivity contribution is -0.420. The lowest BCUT2D eigenvalue weighted by Gasteiger charge is -2.14. The van der Waals surface area contributed by atoms with Crippen LogP contribution in [0, 0.1) is 10.1 Å². The minimum absolute atomic E-state index is 0.0727. The topological polar surface area (TPSA) is 67.2 Å². The molecule has 0 rings (SSSR count). The van der Waals surface area contributed by atoms with Crippen molar-refractivity contribution < 1.29 is 4.92 Å². The van der Waals surface area contributed by atoms with E-state index in [1.54, 1.807) is 33.2 Å². The van der Waals surface area contributed by atoms with Crippen molar-refractivity contribution in [1.29, 1.82) is 0 Å². The Labute approximate surface area is 114 Å². The van der Waals surface area contributed by atoms with E-state index >= 15 is 0 Å². The zero-order valence-corrected chi connectivity index (χ0v) is 11.9. The molecule has 2 N–H and O–H groups in total. The fourth-order valence-electron chi connectivity index (χ4n) is 1.71. The van der Waals surface area contributed by atoms with E-state index in [-0.39, 0.29) is 10.6 Å². The number of nitrogens with one attached hydrogen (secondary N) is 2. The second kappa shape index (κ2) is 8.74. The van der Waals surface area contributed by atoms with Crippen LogP contribution in [0.3, 0.4) is 0 Å². The third-order valence-electron chi connectivity index (χ3n) is 2.45. The average Bonchev–Trinajstić information content (AvgIpc) is 2.38. The van der Waals surface area contributed by atoms with Crippen LogP contribution in [0.4, 0.5) is 0 Å². The minimum atomic E-state index is -0.385. The Kier molecular flexibility index (Phi) is 7.68. The second-order valence-corrected chi connectivity index (χ2v) is 3.53. The van der Waals surface area contributed by atoms with Crippen LogP contribution in [0.15, 0.2) is 59.7 Å². The Bertz CT molecular complexity index is 457. The number of hydrogen-bond donors (Lipinski definition) is 2. The van der Waals surface area contributed by atoms with Gasteiger partial charge < -0.3 is 10.6 Å². The van der Waals surface area contributed by atoms with E-state index in [1.165, 1.54) is 12.3 Å². The smallest absolute Gasteiger partial charge is 0.272 e. The van der Waals surface area contributed by atoms with Crippen molar-refractivity contribution in [3.8, 4) is 0 Å². The Hall–Kier alpha value is -2.30. The first-order valence-corrected chi connectivity index (χ1v) is 5.96. The largest absolute Gasteiger partial charge is 0.392 e. The highest BCUT2D eigenvalue weighted by atomic mass is 16.6. The highest BCUT2D eigenvalue weighted by Gasteiger charge is 2.21. The van der Waals surface area contributed by atoms with Gasteiger partial charge in [-0.15, -0.1) is 0 Å². The summed E-state index contributed by atoms with van der Waals surface area (Å²) in [7, 11) is 1.76. The zero-order valence-electron chi connectivity index (χ0n) is 11.9. The molecule has 0 unspecified atom stereocenters. The maximum atomic E-state index is 11.1. The molecule has 0 aromatic carbocycles. The van der Waals surface area contributed by atoms with Gasteiger partial charge in [0.1, 0.15) is 0 Å². The van der Waals surface area contributed by atoms with Crippen molar-refractivity contribution in [3.05, 3.63) is 69.9 Å². The van der Waals surface area contributed by atoms with Gasteiger partial charge in [0.25, 0.3) is 5.70 Å². The van der Waals surface area contributed by atoms with Crippen LogP contribution in [0.25, 0.3) is 0 Å². The first-order valence-electron chi connectivity index (χ1n) is 5.96. The number of allylic oxidation sites excluding steroid dienone is 5. The Balaban J connectivity index is 5.75. The van der Waals surface area contributed by atoms with Crippen LogP contribution in [-0.4, -0.2) is 12.0 Å². The van der Waals surface area contributed by atoms with Gasteiger partial charge in [-0.25, -0.2) is 0 Å². The molecule has 0 saturated carbocycles. The van der Waals surface area contributed by atoms with Crippen LogP contribution < -0.4 is 10.6 Å². The van der Waals surface area contributed by atoms with Gasteiger partial charge in [0.05, 0.1) is 16.2 Å². The Morgan fingerprint density at radius 1 is 1.16 bits per heavy atom. The van der Waals surface area contributed by atoms with Crippen molar-refractivity contribution in [2.75, 3.05) is 7.05 Å². The third kappa shape index (κ3) is 4.46. The van der Waals surface area contributed by atoms with Crippen LogP contribution in [0.5, 0.6) is 0 Å². The average molecular weight is 263 g/mol. The molecule has 0 amide bonds. The molecule has 0 radical (unpaired) electrons. The summed E-state index contributed by atoms with van der Waals surface area (Å²) in [6.07, 6.45) is 8.29. The summed E-state index contributed by atoms with van der Waals surface area (Å²) in [5, 5.41) is 17.0. The summed E-state index contributed by atoms with van der Waals surface area (Å²) in [5.74, 6) is 0. The van der Waals surface area contributed by atoms with E-state index in [0.717, 1.165) is 5.57 Å². The lowest BCUT2D eigenvalue weighted by atomic mass is 9.99. The maximum Gasteiger partial charge on any atom is 0.272 e. The number of nitro groups is 1. The molecule has 104 valence electrons. The third-order valence-corrected chi connectivity index (χ3v) is 2.45. The van der Waals surface area contributed by atoms with E-state index in [9.17, 15) is 10.1 Å². The molecular formula is C14H21N3O2. The van der Waals surface area contributed by atoms with Crippen LogP contribution in [0.2, 0.25) is 0 Å². The Morgan fingerprint density at radius 2 is 1.74 bits per heavy atom. The fourth-order valence-corrected chi connectivity index (χ4v) is 1.71. The zero-order chi connectivity index (χ0) is 14.8. The molecule has 0 bridgehead atoms. The summed E-state index contributed by atoms with van der Waals surface area (Å²) in [4.78, 5) is 10.7. The summed E-state index contributed by atoms with van der Waals surface area (Å²) < 4.78 is 0. The molecule has 0 aromatic heterocycles. The van der Waals surface area contributed by atoms with Gasteiger partial charge in [-0.3, -0.25) is 10.1 Å². The van der Waals surface area contributed by atoms with Crippen molar-refractivity contribution in [2.24, 2.45) is 0 Å². The van der Waals surface area contributed by atoms with Crippen molar-refractivity contribution in [3.63, 3.8) is 0 Å². The molecule has 0 aliphatic carbocycles. The van der Waals surface area contributed by atoms with E-state index in [0.29, 0.717) is 11.3 Å². The van der Waals surface area contributed by atoms with Gasteiger partial charge in [-0.05, 0) is 33.0 Å². The van der Waals surface area contributed by atoms with Gasteiger partial charge in [0.15, 0.2) is 0 Å². The predicted molar refractivity (Wildman–Crippen MR) is 78.7 cm³/mol. The normalized spacial score (nSPS) is 14.1. The van der Waals surface area contributed by atoms with Crippen LogP contribution >= 0.6 is 0 Å². The van der Waals surface area contributed by atoms with E-state index < -0.39 is 0 Å². The van der Waals surface area contributed by atoms with E-state index in [4.69, 9.17) is 0 Å². The van der Waals surface area contributed by atoms with Crippen molar-refractivity contribution in [2.45, 2.75) is 20.8 Å². The first-order chi connectivity index (χ1) is 9.06. The van der Waals surface area contributed by atoms with Crippen LogP contribution in [0.1, 0.15) is 20.8 Å². The molecule has 0 aromatic rings. The SMILES string of the molecule is C=CNC(=C/NC)/C(=C\C)C(=C/C)/C(=C\C)[N+](=O)[O-]. The summed E-state index contributed by atoms with van der Waals surface area (Å²) in [6, 6.07) is 0. The molecule has 0 atom stereocenters. The van der Waals surface area contributed by atoms with Gasteiger partial charge in [0.2, 0.25) is 0 Å². The standard InChI is InChI=1S/C14H21N3O2/c1-6-11(13(10-15-5)16-9-4)12(7-2)14(8-3)17(18)19/h6-10,15-16H,4H2,1-3,5H3/b11-6-,12-7-,13-10+,14-8+. The predicted octanol–water partition coefficient (Wildman–Crippen LogP) is 2.85. The maximum absolute atomic E-state index is 11.1. The number of nitrogens with zero attached hydrogens (tertiary/aromatic N) is 1. The second-order valence-electron chi connectivity index (χ2n) is 3.53. The molecule has 19 heavy (non-hydrogen) atoms. The fraction of sp³-hybridized carbons (Fsp3) is 0.286. The number of rotatable bonds is 7. The molecule has 0 fully saturated rings. The molecule has 5 heteroatoms. The molecule has 0 aliphatic heterocycles. The molecular weight excluding hydrogens is 242 g/mol. The Morgan fingerprint density at radius 3 is 2.05 bits per heavy atom. The quantitative estimate of drug-likeness (QED) is 0.421. The van der Waals surface area contributed by atoms with Gasteiger partial charge in [0, 0.05) is 18.8 Å². The summed E-state index contributed by atoms with van der Waals surface area (Å²) in [6.45, 7) is 8.87. The van der Waals surface area contributed by atoms with E-state index in [2.05, 4.69) is 17.2 Å². The van der Waals surface area contributed by atoms with Crippen LogP contribution in [-0.2, 0) is 0 Å². The lowest BCUT2D eigenvalue weighted by Crippen LogP contribution is -2.15. The first kappa shape index (κ1) is 16.7. The summed E-state index contributed by atoms with van der Waals surface area (Å²) >= 11 is 0. The molecule has 0 spiro atoms. The van der Waals surface area contributed by atoms with Gasteiger partial charge >= 0.3 is 0 Å². The summed E-state index contributed by atoms with van der Waals surface area (Å²) in [5.41, 5.74) is 2.09. The molecule has 0 heterocycles. The van der Waals surface area contributed by atoms with Gasteiger partial charge in [-0.1, -0.05) is 18.7 Å². The molecule has 0 saturated heterocycles. The van der Waals surface area contributed by atoms with Crippen molar-refractivity contribution in [1.82, 2.24) is 10.6 Å². The highest BCUT2D eigenvalue weighted by Crippen LogP contribution is 2.24. The number of hydrogen-bond acceptors (Lipinski definition) is 4. The van der Waals surface area contributed by atoms with Crippen molar-refractivity contribution >= 4 is 0 Å². The molecule has 0 aliphatic rings. The van der Waals surface area contributed by atoms with Gasteiger partial charge in [-0.2, -0.15) is 0 Å². The van der Waals surface area contributed by atoms with E-state index in [1.807, 2.05) is 13.0 Å².